The molecule has 0 saturated carbocycles. The fraction of sp³-hybridized carbons (Fsp3) is 0.250. The molecule has 0 aromatic carbocycles. The number of hydrogen-bond donors (Lipinski definition) is 3. The second-order valence-electron chi connectivity index (χ2n) is 2.61. The molecule has 1 rings (SSSR count). The first-order chi connectivity index (χ1) is 6.72. The molecule has 0 fully saturated rings. The van der Waals surface area contributed by atoms with Crippen molar-refractivity contribution >= 4 is 11.8 Å². The first kappa shape index (κ1) is 10.3. The van der Waals surface area contributed by atoms with Gasteiger partial charge in [-0.3, -0.25) is 19.7 Å². The Hall–Kier alpha value is -1.82. The van der Waals surface area contributed by atoms with E-state index < -0.39 is 0 Å². The number of hydrogen-bond acceptors (Lipinski definition) is 3. The normalized spacial score (nSPS) is 9.50. The second-order valence-corrected chi connectivity index (χ2v) is 2.61. The monoisotopic (exact) mass is 196 g/mol. The molecule has 1 aromatic rings. The molecular weight excluding hydrogens is 184 g/mol. The van der Waals surface area contributed by atoms with E-state index in [4.69, 9.17) is 5.73 Å². The third-order valence-corrected chi connectivity index (χ3v) is 1.49. The van der Waals surface area contributed by atoms with E-state index in [1.165, 1.54) is 4.68 Å². The third kappa shape index (κ3) is 3.28. The molecule has 1 aromatic heterocycles. The number of carbonyl (C=O) groups excluding carboxylic acids is 2. The Morgan fingerprint density at radius 3 is 2.43 bits per heavy atom. The minimum atomic E-state index is -0.354. The van der Waals surface area contributed by atoms with Gasteiger partial charge < -0.3 is 11.1 Å². The van der Waals surface area contributed by atoms with E-state index in [0.29, 0.717) is 0 Å². The van der Waals surface area contributed by atoms with Crippen molar-refractivity contribution in [1.29, 1.82) is 0 Å². The van der Waals surface area contributed by atoms with Crippen molar-refractivity contribution in [3.8, 4) is 0 Å². The van der Waals surface area contributed by atoms with Gasteiger partial charge in [-0.1, -0.05) is 0 Å². The summed E-state index contributed by atoms with van der Waals surface area (Å²) in [4.78, 5) is 21.8. The summed E-state index contributed by atoms with van der Waals surface area (Å²) in [5.41, 5.74) is 7.57. The molecule has 0 radical (unpaired) electrons. The lowest BCUT2D eigenvalue weighted by Gasteiger charge is -2.06. The van der Waals surface area contributed by atoms with Crippen LogP contribution in [0.2, 0.25) is 0 Å². The molecule has 0 bridgehead atoms. The van der Waals surface area contributed by atoms with Crippen LogP contribution >= 0.6 is 0 Å². The highest BCUT2D eigenvalue weighted by molar-refractivity contribution is 5.89. The Morgan fingerprint density at radius 2 is 1.86 bits per heavy atom. The van der Waals surface area contributed by atoms with Gasteiger partial charge in [0.1, 0.15) is 0 Å². The van der Waals surface area contributed by atoms with Crippen LogP contribution in [0.1, 0.15) is 0 Å². The van der Waals surface area contributed by atoms with E-state index >= 15 is 0 Å². The SMILES string of the molecule is NCC(=O)NCC(=O)Nn1cccc1. The van der Waals surface area contributed by atoms with Gasteiger partial charge in [-0.05, 0) is 12.1 Å². The third-order valence-electron chi connectivity index (χ3n) is 1.49. The summed E-state index contributed by atoms with van der Waals surface area (Å²) >= 11 is 0. The summed E-state index contributed by atoms with van der Waals surface area (Å²) in [5, 5.41) is 2.36. The molecule has 6 heteroatoms. The second kappa shape index (κ2) is 5.03. The summed E-state index contributed by atoms with van der Waals surface area (Å²) in [6, 6.07) is 3.55. The van der Waals surface area contributed by atoms with Crippen molar-refractivity contribution in [2.75, 3.05) is 18.5 Å². The first-order valence-corrected chi connectivity index (χ1v) is 4.12. The summed E-state index contributed by atoms with van der Waals surface area (Å²) < 4.78 is 1.50. The van der Waals surface area contributed by atoms with Crippen molar-refractivity contribution in [2.45, 2.75) is 0 Å². The standard InChI is InChI=1S/C8H12N4O2/c9-5-7(13)10-6-8(14)11-12-3-1-2-4-12/h1-4H,5-6,9H2,(H,10,13)(H,11,14). The minimum absolute atomic E-state index is 0.0752. The molecule has 2 amide bonds. The van der Waals surface area contributed by atoms with Crippen LogP contribution in [0.3, 0.4) is 0 Å². The summed E-state index contributed by atoms with van der Waals surface area (Å²) in [6.45, 7) is -0.189. The van der Waals surface area contributed by atoms with Crippen molar-refractivity contribution in [3.05, 3.63) is 24.5 Å². The zero-order valence-electron chi connectivity index (χ0n) is 7.56. The molecule has 0 aliphatic heterocycles. The van der Waals surface area contributed by atoms with Gasteiger partial charge in [0, 0.05) is 12.4 Å². The van der Waals surface area contributed by atoms with Crippen LogP contribution in [-0.2, 0) is 9.59 Å². The van der Waals surface area contributed by atoms with E-state index in [1.807, 2.05) is 0 Å². The van der Waals surface area contributed by atoms with Crippen molar-refractivity contribution < 1.29 is 9.59 Å². The topological polar surface area (TPSA) is 89.2 Å². The average molecular weight is 196 g/mol. The van der Waals surface area contributed by atoms with Crippen LogP contribution in [-0.4, -0.2) is 29.6 Å². The van der Waals surface area contributed by atoms with Crippen LogP contribution in [0.4, 0.5) is 0 Å². The highest BCUT2D eigenvalue weighted by atomic mass is 16.2. The van der Waals surface area contributed by atoms with Gasteiger partial charge >= 0.3 is 0 Å². The Bertz CT molecular complexity index is 307. The van der Waals surface area contributed by atoms with Crippen LogP contribution in [0.25, 0.3) is 0 Å². The lowest BCUT2D eigenvalue weighted by molar-refractivity contribution is -0.123. The highest BCUT2D eigenvalue weighted by Crippen LogP contribution is 1.84. The molecule has 0 saturated heterocycles. The van der Waals surface area contributed by atoms with Gasteiger partial charge in [0.2, 0.25) is 5.91 Å². The van der Waals surface area contributed by atoms with Crippen molar-refractivity contribution in [3.63, 3.8) is 0 Å². The highest BCUT2D eigenvalue weighted by Gasteiger charge is 2.02. The first-order valence-electron chi connectivity index (χ1n) is 4.12. The van der Waals surface area contributed by atoms with Crippen LogP contribution in [0.5, 0.6) is 0 Å². The predicted molar refractivity (Wildman–Crippen MR) is 50.9 cm³/mol. The minimum Gasteiger partial charge on any atom is -0.346 e. The van der Waals surface area contributed by atoms with Crippen molar-refractivity contribution in [1.82, 2.24) is 9.99 Å². The van der Waals surface area contributed by atoms with Gasteiger partial charge in [0.05, 0.1) is 13.1 Å². The maximum atomic E-state index is 11.1. The molecule has 0 unspecified atom stereocenters. The van der Waals surface area contributed by atoms with E-state index in [-0.39, 0.29) is 24.9 Å². The average Bonchev–Trinajstić information content (AvgIpc) is 2.66. The Kier molecular flexibility index (Phi) is 3.69. The number of amides is 2. The van der Waals surface area contributed by atoms with Gasteiger partial charge in [-0.25, -0.2) is 0 Å². The number of aromatic nitrogens is 1. The summed E-state index contributed by atoms with van der Waals surface area (Å²) in [7, 11) is 0. The van der Waals surface area contributed by atoms with Crippen molar-refractivity contribution in [2.24, 2.45) is 5.73 Å². The van der Waals surface area contributed by atoms with Gasteiger partial charge in [-0.2, -0.15) is 0 Å². The van der Waals surface area contributed by atoms with Gasteiger partial charge in [0.15, 0.2) is 0 Å². The van der Waals surface area contributed by atoms with Crippen LogP contribution in [0, 0.1) is 0 Å². The summed E-state index contributed by atoms with van der Waals surface area (Å²) in [5.74, 6) is -0.657. The quantitative estimate of drug-likeness (QED) is 0.555. The Morgan fingerprint density at radius 1 is 1.21 bits per heavy atom. The fourth-order valence-electron chi connectivity index (χ4n) is 0.844. The van der Waals surface area contributed by atoms with Crippen LogP contribution < -0.4 is 16.5 Å². The fourth-order valence-corrected chi connectivity index (χ4v) is 0.844. The lowest BCUT2D eigenvalue weighted by Crippen LogP contribution is -2.38. The maximum absolute atomic E-state index is 11.1. The lowest BCUT2D eigenvalue weighted by atomic mass is 10.5. The van der Waals surface area contributed by atoms with Crippen LogP contribution in [0.15, 0.2) is 24.5 Å². The molecule has 4 N–H and O–H groups in total. The number of rotatable bonds is 4. The molecule has 14 heavy (non-hydrogen) atoms. The Labute approximate surface area is 81.0 Å². The number of nitrogens with zero attached hydrogens (tertiary/aromatic N) is 1. The zero-order valence-corrected chi connectivity index (χ0v) is 7.56. The molecule has 0 aliphatic carbocycles. The van der Waals surface area contributed by atoms with E-state index in [0.717, 1.165) is 0 Å². The number of nitrogens with two attached hydrogens (primary N) is 1. The van der Waals surface area contributed by atoms with E-state index in [1.54, 1.807) is 24.5 Å². The number of nitrogens with one attached hydrogen (secondary N) is 2. The van der Waals surface area contributed by atoms with Gasteiger partial charge in [0.25, 0.3) is 5.91 Å². The molecular formula is C8H12N4O2. The smallest absolute Gasteiger partial charge is 0.258 e. The van der Waals surface area contributed by atoms with Gasteiger partial charge in [-0.15, -0.1) is 0 Å². The predicted octanol–water partition coefficient (Wildman–Crippen LogP) is -1.37. The Balaban J connectivity index is 2.26. The summed E-state index contributed by atoms with van der Waals surface area (Å²) in [6.07, 6.45) is 3.37. The maximum Gasteiger partial charge on any atom is 0.258 e. The van der Waals surface area contributed by atoms with E-state index in [2.05, 4.69) is 10.7 Å². The molecule has 0 atom stereocenters. The molecule has 1 heterocycles. The number of carbonyl (C=O) groups is 2. The van der Waals surface area contributed by atoms with E-state index in [9.17, 15) is 9.59 Å². The molecule has 6 nitrogen and oxygen atoms in total. The molecule has 0 aliphatic rings. The molecule has 0 spiro atoms. The zero-order chi connectivity index (χ0) is 10.4. The molecule has 76 valence electrons. The largest absolute Gasteiger partial charge is 0.346 e.